The van der Waals surface area contributed by atoms with Crippen molar-refractivity contribution in [3.63, 3.8) is 0 Å². The van der Waals surface area contributed by atoms with Crippen LogP contribution in [0.5, 0.6) is 5.75 Å². The van der Waals surface area contributed by atoms with E-state index < -0.39 is 0 Å². The summed E-state index contributed by atoms with van der Waals surface area (Å²) in [5.74, 6) is 1.76. The van der Waals surface area contributed by atoms with Crippen molar-refractivity contribution in [2.45, 2.75) is 18.8 Å². The van der Waals surface area contributed by atoms with E-state index in [2.05, 4.69) is 18.0 Å². The van der Waals surface area contributed by atoms with Crippen LogP contribution in [-0.2, 0) is 0 Å². The minimum Gasteiger partial charge on any atom is -0.504 e. The summed E-state index contributed by atoms with van der Waals surface area (Å²) >= 11 is 0. The molecule has 0 atom stereocenters. The van der Waals surface area contributed by atoms with Crippen molar-refractivity contribution in [1.82, 2.24) is 4.90 Å². The Morgan fingerprint density at radius 1 is 1.29 bits per heavy atom. The van der Waals surface area contributed by atoms with Crippen LogP contribution in [0.15, 0.2) is 28.7 Å². The Kier molecular flexibility index (Phi) is 2.56. The fourth-order valence-corrected chi connectivity index (χ4v) is 2.56. The third-order valence-corrected chi connectivity index (χ3v) is 3.66. The molecule has 0 spiro atoms. The zero-order valence-electron chi connectivity index (χ0n) is 10.0. The first-order valence-corrected chi connectivity index (χ1v) is 6.14. The molecule has 2 heterocycles. The minimum absolute atomic E-state index is 0.238. The molecule has 1 fully saturated rings. The van der Waals surface area contributed by atoms with Crippen molar-refractivity contribution in [2.24, 2.45) is 0 Å². The highest BCUT2D eigenvalue weighted by Gasteiger charge is 2.22. The van der Waals surface area contributed by atoms with Gasteiger partial charge in [-0.15, -0.1) is 0 Å². The summed E-state index contributed by atoms with van der Waals surface area (Å²) in [5.41, 5.74) is 0.626. The van der Waals surface area contributed by atoms with Crippen LogP contribution in [0.1, 0.15) is 24.5 Å². The zero-order valence-corrected chi connectivity index (χ0v) is 10.0. The van der Waals surface area contributed by atoms with Crippen LogP contribution < -0.4 is 0 Å². The van der Waals surface area contributed by atoms with Crippen LogP contribution in [0, 0.1) is 0 Å². The molecule has 0 radical (unpaired) electrons. The number of furan rings is 1. The lowest BCUT2D eigenvalue weighted by Gasteiger charge is -2.27. The van der Waals surface area contributed by atoms with Gasteiger partial charge in [0.2, 0.25) is 0 Å². The molecule has 1 saturated heterocycles. The van der Waals surface area contributed by atoms with Gasteiger partial charge >= 0.3 is 0 Å². The molecule has 3 heteroatoms. The summed E-state index contributed by atoms with van der Waals surface area (Å²) in [6, 6.07) is 7.58. The quantitative estimate of drug-likeness (QED) is 0.819. The van der Waals surface area contributed by atoms with E-state index >= 15 is 0 Å². The monoisotopic (exact) mass is 231 g/mol. The number of fused-ring (bicyclic) bond motifs is 1. The Morgan fingerprint density at radius 2 is 2.06 bits per heavy atom. The topological polar surface area (TPSA) is 36.6 Å². The third kappa shape index (κ3) is 1.91. The number of para-hydroxylation sites is 1. The number of phenols is 1. The van der Waals surface area contributed by atoms with E-state index in [-0.39, 0.29) is 5.75 Å². The molecule has 0 aliphatic carbocycles. The van der Waals surface area contributed by atoms with E-state index in [0.717, 1.165) is 37.1 Å². The van der Waals surface area contributed by atoms with Crippen LogP contribution in [0.3, 0.4) is 0 Å². The van der Waals surface area contributed by atoms with Crippen LogP contribution in [0.2, 0.25) is 0 Å². The number of piperidine rings is 1. The summed E-state index contributed by atoms with van der Waals surface area (Å²) in [6.07, 6.45) is 2.27. The van der Waals surface area contributed by atoms with Crippen molar-refractivity contribution in [3.8, 4) is 5.75 Å². The Morgan fingerprint density at radius 3 is 2.76 bits per heavy atom. The lowest BCUT2D eigenvalue weighted by Crippen LogP contribution is -2.29. The van der Waals surface area contributed by atoms with E-state index in [1.54, 1.807) is 6.07 Å². The van der Waals surface area contributed by atoms with Gasteiger partial charge in [-0.25, -0.2) is 0 Å². The van der Waals surface area contributed by atoms with Crippen molar-refractivity contribution in [3.05, 3.63) is 30.0 Å². The number of rotatable bonds is 1. The maximum Gasteiger partial charge on any atom is 0.175 e. The van der Waals surface area contributed by atoms with E-state index in [4.69, 9.17) is 4.42 Å². The molecule has 17 heavy (non-hydrogen) atoms. The summed E-state index contributed by atoms with van der Waals surface area (Å²) in [4.78, 5) is 2.34. The third-order valence-electron chi connectivity index (χ3n) is 3.66. The highest BCUT2D eigenvalue weighted by atomic mass is 16.4. The normalized spacial score (nSPS) is 18.9. The summed E-state index contributed by atoms with van der Waals surface area (Å²) in [6.45, 7) is 2.24. The second kappa shape index (κ2) is 4.08. The molecule has 3 rings (SSSR count). The van der Waals surface area contributed by atoms with Gasteiger partial charge in [-0.05, 0) is 45.1 Å². The van der Waals surface area contributed by atoms with Gasteiger partial charge in [0.05, 0.1) is 0 Å². The van der Waals surface area contributed by atoms with Crippen LogP contribution in [0.25, 0.3) is 11.0 Å². The molecule has 2 aromatic rings. The number of hydrogen-bond acceptors (Lipinski definition) is 3. The molecule has 90 valence electrons. The maximum absolute atomic E-state index is 9.72. The fraction of sp³-hybridized carbons (Fsp3) is 0.429. The molecule has 0 amide bonds. The predicted octanol–water partition coefficient (Wildman–Crippen LogP) is 2.95. The van der Waals surface area contributed by atoms with Crippen LogP contribution >= 0.6 is 0 Å². The molecule has 3 nitrogen and oxygen atoms in total. The van der Waals surface area contributed by atoms with Crippen molar-refractivity contribution < 1.29 is 9.52 Å². The number of phenolic OH excluding ortho intramolecular Hbond substituents is 1. The SMILES string of the molecule is CN1CCC(c2cc3cccc(O)c3o2)CC1. The van der Waals surface area contributed by atoms with E-state index in [0.29, 0.717) is 11.5 Å². The standard InChI is InChI=1S/C14H17NO2/c1-15-7-5-10(6-8-15)13-9-11-3-2-4-12(16)14(11)17-13/h2-4,9-10,16H,5-8H2,1H3. The molecule has 0 unspecified atom stereocenters. The molecular formula is C14H17NO2. The number of hydrogen-bond donors (Lipinski definition) is 1. The second-order valence-electron chi connectivity index (χ2n) is 4.92. The predicted molar refractivity (Wildman–Crippen MR) is 67.4 cm³/mol. The number of likely N-dealkylation sites (tertiary alicyclic amines) is 1. The summed E-state index contributed by atoms with van der Waals surface area (Å²) in [5, 5.41) is 10.7. The first-order chi connectivity index (χ1) is 8.24. The van der Waals surface area contributed by atoms with Crippen LogP contribution in [0.4, 0.5) is 0 Å². The Bertz CT molecular complexity index is 524. The first-order valence-electron chi connectivity index (χ1n) is 6.14. The van der Waals surface area contributed by atoms with Crippen molar-refractivity contribution in [1.29, 1.82) is 0 Å². The molecular weight excluding hydrogens is 214 g/mol. The minimum atomic E-state index is 0.238. The zero-order chi connectivity index (χ0) is 11.8. The first kappa shape index (κ1) is 10.7. The number of aromatic hydroxyl groups is 1. The van der Waals surface area contributed by atoms with Gasteiger partial charge in [0.25, 0.3) is 0 Å². The Hall–Kier alpha value is -1.48. The maximum atomic E-state index is 9.72. The average molecular weight is 231 g/mol. The average Bonchev–Trinajstić information content (AvgIpc) is 2.75. The highest BCUT2D eigenvalue weighted by molar-refractivity contribution is 5.83. The molecule has 0 saturated carbocycles. The number of nitrogens with zero attached hydrogens (tertiary/aromatic N) is 1. The van der Waals surface area contributed by atoms with Crippen molar-refractivity contribution >= 4 is 11.0 Å². The summed E-state index contributed by atoms with van der Waals surface area (Å²) in [7, 11) is 2.15. The lowest BCUT2D eigenvalue weighted by atomic mass is 9.94. The molecule has 1 aromatic carbocycles. The molecule has 1 N–H and O–H groups in total. The van der Waals surface area contributed by atoms with Gasteiger partial charge in [0.1, 0.15) is 5.76 Å². The second-order valence-corrected chi connectivity index (χ2v) is 4.92. The molecule has 1 aliphatic rings. The van der Waals surface area contributed by atoms with Gasteiger partial charge < -0.3 is 14.4 Å². The highest BCUT2D eigenvalue weighted by Crippen LogP contribution is 2.34. The number of benzene rings is 1. The smallest absolute Gasteiger partial charge is 0.175 e. The lowest BCUT2D eigenvalue weighted by molar-refractivity contribution is 0.242. The summed E-state index contributed by atoms with van der Waals surface area (Å²) < 4.78 is 5.81. The van der Waals surface area contributed by atoms with Gasteiger partial charge in [-0.2, -0.15) is 0 Å². The van der Waals surface area contributed by atoms with Gasteiger partial charge in [0, 0.05) is 11.3 Å². The molecule has 1 aromatic heterocycles. The van der Waals surface area contributed by atoms with Gasteiger partial charge in [-0.1, -0.05) is 12.1 Å². The Labute approximate surface area is 101 Å². The van der Waals surface area contributed by atoms with Gasteiger partial charge in [-0.3, -0.25) is 0 Å². The largest absolute Gasteiger partial charge is 0.504 e. The Balaban J connectivity index is 1.93. The fourth-order valence-electron chi connectivity index (χ4n) is 2.56. The van der Waals surface area contributed by atoms with E-state index in [1.165, 1.54) is 0 Å². The van der Waals surface area contributed by atoms with E-state index in [9.17, 15) is 5.11 Å². The van der Waals surface area contributed by atoms with E-state index in [1.807, 2.05) is 12.1 Å². The van der Waals surface area contributed by atoms with Crippen molar-refractivity contribution in [2.75, 3.05) is 20.1 Å². The molecule has 1 aliphatic heterocycles. The van der Waals surface area contributed by atoms with Crippen LogP contribution in [-0.4, -0.2) is 30.1 Å². The molecule has 0 bridgehead atoms. The van der Waals surface area contributed by atoms with Gasteiger partial charge in [0.15, 0.2) is 11.3 Å².